The molecule has 0 saturated carbocycles. The number of rotatable bonds is 3. The number of carbonyl (C=O) groups excluding carboxylic acids is 1. The van der Waals surface area contributed by atoms with Crippen molar-refractivity contribution in [2.24, 2.45) is 0 Å². The van der Waals surface area contributed by atoms with Gasteiger partial charge in [-0.3, -0.25) is 4.57 Å². The number of para-hydroxylation sites is 1. The number of halogens is 1. The van der Waals surface area contributed by atoms with Gasteiger partial charge in [0.05, 0.1) is 11.2 Å². The van der Waals surface area contributed by atoms with Crippen molar-refractivity contribution in [2.45, 2.75) is 0 Å². The Morgan fingerprint density at radius 2 is 1.86 bits per heavy atom. The number of hydrogen-bond acceptors (Lipinski definition) is 1. The predicted molar refractivity (Wildman–Crippen MR) is 82.9 cm³/mol. The number of aromatic nitrogens is 1. The molecule has 1 aromatic heterocycles. The van der Waals surface area contributed by atoms with Gasteiger partial charge in [-0.1, -0.05) is 36.9 Å². The number of benzene rings is 2. The molecular weight excluding hydrogens is 265 g/mol. The molecule has 0 aliphatic carbocycles. The zero-order valence-electron chi connectivity index (χ0n) is 11.2. The monoisotopic (exact) mass is 277 g/mol. The molecule has 2 nitrogen and oxygen atoms in total. The summed E-state index contributed by atoms with van der Waals surface area (Å²) in [4.78, 5) is 11.2. The fourth-order valence-electron chi connectivity index (χ4n) is 2.46. The van der Waals surface area contributed by atoms with Gasteiger partial charge >= 0.3 is 0 Å². The third-order valence-corrected chi connectivity index (χ3v) is 3.40. The van der Waals surface area contributed by atoms with Crippen molar-refractivity contribution in [1.82, 2.24) is 4.57 Å². The molecule has 0 amide bonds. The zero-order valence-corrected chi connectivity index (χ0v) is 11.2. The van der Waals surface area contributed by atoms with Gasteiger partial charge < -0.3 is 0 Å². The van der Waals surface area contributed by atoms with E-state index in [0.29, 0.717) is 11.3 Å². The Morgan fingerprint density at radius 1 is 1.14 bits per heavy atom. The Bertz CT molecular complexity index is 885. The molecule has 0 radical (unpaired) electrons. The van der Waals surface area contributed by atoms with Crippen LogP contribution in [0.5, 0.6) is 0 Å². The molecule has 3 aromatic rings. The first kappa shape index (κ1) is 13.1. The van der Waals surface area contributed by atoms with Crippen molar-refractivity contribution in [3.63, 3.8) is 0 Å². The minimum absolute atomic E-state index is 0.259. The van der Waals surface area contributed by atoms with Gasteiger partial charge in [-0.05, 0) is 30.3 Å². The van der Waals surface area contributed by atoms with Gasteiger partial charge in [-0.25, -0.2) is 9.18 Å². The second kappa shape index (κ2) is 5.23. The van der Waals surface area contributed by atoms with E-state index in [2.05, 4.69) is 6.58 Å². The first-order chi connectivity index (χ1) is 10.3. The molecule has 0 spiro atoms. The quantitative estimate of drug-likeness (QED) is 0.516. The van der Waals surface area contributed by atoms with E-state index in [1.165, 1.54) is 12.1 Å². The lowest BCUT2D eigenvalue weighted by atomic mass is 10.1. The van der Waals surface area contributed by atoms with Gasteiger partial charge in [-0.15, -0.1) is 0 Å². The Labute approximate surface area is 121 Å². The fraction of sp³-hybridized carbons (Fsp3) is 0. The van der Waals surface area contributed by atoms with Crippen molar-refractivity contribution < 1.29 is 9.18 Å². The lowest BCUT2D eigenvalue weighted by Crippen LogP contribution is -1.99. The highest BCUT2D eigenvalue weighted by molar-refractivity contribution is 5.96. The molecule has 21 heavy (non-hydrogen) atoms. The fourth-order valence-corrected chi connectivity index (χ4v) is 2.46. The van der Waals surface area contributed by atoms with Gasteiger partial charge in [0.25, 0.3) is 0 Å². The van der Waals surface area contributed by atoms with Crippen LogP contribution in [0.3, 0.4) is 0 Å². The van der Waals surface area contributed by atoms with Crippen molar-refractivity contribution >= 4 is 22.5 Å². The number of allylic oxidation sites excluding steroid dienone is 2. The van der Waals surface area contributed by atoms with E-state index in [1.807, 2.05) is 36.3 Å². The van der Waals surface area contributed by atoms with Crippen LogP contribution in [0.2, 0.25) is 0 Å². The van der Waals surface area contributed by atoms with Gasteiger partial charge in [0.2, 0.25) is 0 Å². The summed E-state index contributed by atoms with van der Waals surface area (Å²) < 4.78 is 15.8. The highest BCUT2D eigenvalue weighted by Gasteiger charge is 2.15. The molecule has 0 atom stereocenters. The Kier molecular flexibility index (Phi) is 3.27. The van der Waals surface area contributed by atoms with E-state index in [-0.39, 0.29) is 11.5 Å². The first-order valence-electron chi connectivity index (χ1n) is 6.49. The van der Waals surface area contributed by atoms with E-state index in [9.17, 15) is 9.18 Å². The third-order valence-electron chi connectivity index (χ3n) is 3.40. The van der Waals surface area contributed by atoms with Gasteiger partial charge in [0.15, 0.2) is 5.94 Å². The normalized spacial score (nSPS) is 10.3. The van der Waals surface area contributed by atoms with E-state index < -0.39 is 0 Å². The van der Waals surface area contributed by atoms with Gasteiger partial charge in [0, 0.05) is 10.9 Å². The third kappa shape index (κ3) is 2.10. The lowest BCUT2D eigenvalue weighted by molar-refractivity contribution is 0.569. The smallest absolute Gasteiger partial charge is 0.151 e. The number of hydrogen-bond donors (Lipinski definition) is 0. The highest BCUT2D eigenvalue weighted by atomic mass is 19.1. The average Bonchev–Trinajstić information content (AvgIpc) is 2.89. The highest BCUT2D eigenvalue weighted by Crippen LogP contribution is 2.32. The molecule has 0 unspecified atom stereocenters. The summed E-state index contributed by atoms with van der Waals surface area (Å²) in [6, 6.07) is 15.9. The van der Waals surface area contributed by atoms with E-state index in [0.717, 1.165) is 10.9 Å². The second-order valence-corrected chi connectivity index (χ2v) is 4.60. The van der Waals surface area contributed by atoms with Crippen LogP contribution in [0, 0.1) is 5.82 Å². The van der Waals surface area contributed by atoms with Crippen LogP contribution >= 0.6 is 0 Å². The Morgan fingerprint density at radius 3 is 2.57 bits per heavy atom. The largest absolute Gasteiger partial charge is 0.300 e. The molecule has 0 fully saturated rings. The van der Waals surface area contributed by atoms with Crippen molar-refractivity contribution in [1.29, 1.82) is 0 Å². The minimum atomic E-state index is -0.337. The van der Waals surface area contributed by atoms with Gasteiger partial charge in [0.1, 0.15) is 11.5 Å². The maximum atomic E-state index is 14.1. The van der Waals surface area contributed by atoms with Crippen LogP contribution in [0.4, 0.5) is 4.39 Å². The summed E-state index contributed by atoms with van der Waals surface area (Å²) >= 11 is 0. The van der Waals surface area contributed by atoms with Crippen LogP contribution in [-0.2, 0) is 4.79 Å². The van der Waals surface area contributed by atoms with E-state index in [4.69, 9.17) is 0 Å². The maximum Gasteiger partial charge on any atom is 0.151 e. The molecule has 0 bridgehead atoms. The second-order valence-electron chi connectivity index (χ2n) is 4.60. The lowest BCUT2D eigenvalue weighted by Gasteiger charge is -2.09. The Balaban J connectivity index is 2.43. The average molecular weight is 277 g/mol. The molecule has 0 aliphatic heterocycles. The summed E-state index contributed by atoms with van der Waals surface area (Å²) in [6.45, 7) is 3.64. The molecule has 2 aromatic carbocycles. The molecular formula is C18H12FNO. The molecule has 0 aliphatic rings. The summed E-state index contributed by atoms with van der Waals surface area (Å²) in [7, 11) is 0. The molecule has 0 saturated heterocycles. The zero-order chi connectivity index (χ0) is 14.8. The summed E-state index contributed by atoms with van der Waals surface area (Å²) in [6.07, 6.45) is 1.42. The topological polar surface area (TPSA) is 22.0 Å². The van der Waals surface area contributed by atoms with Crippen molar-refractivity contribution in [3.8, 4) is 11.3 Å². The first-order valence-corrected chi connectivity index (χ1v) is 6.49. The van der Waals surface area contributed by atoms with Crippen LogP contribution in [0.1, 0.15) is 0 Å². The molecule has 0 N–H and O–H groups in total. The summed E-state index contributed by atoms with van der Waals surface area (Å²) in [5, 5.41) is 0.922. The van der Waals surface area contributed by atoms with Crippen LogP contribution < -0.4 is 0 Å². The predicted octanol–water partition coefficient (Wildman–Crippen LogP) is 4.31. The van der Waals surface area contributed by atoms with E-state index >= 15 is 0 Å². The molecule has 102 valence electrons. The van der Waals surface area contributed by atoms with Crippen LogP contribution in [-0.4, -0.2) is 10.5 Å². The number of fused-ring (bicyclic) bond motifs is 1. The Hall–Kier alpha value is -2.90. The van der Waals surface area contributed by atoms with Crippen LogP contribution in [0.15, 0.2) is 67.3 Å². The van der Waals surface area contributed by atoms with Crippen molar-refractivity contribution in [2.75, 3.05) is 0 Å². The molecule has 3 rings (SSSR count). The van der Waals surface area contributed by atoms with Crippen LogP contribution in [0.25, 0.3) is 27.9 Å². The summed E-state index contributed by atoms with van der Waals surface area (Å²) in [5.41, 5.74) is 2.11. The summed E-state index contributed by atoms with van der Waals surface area (Å²) in [5.74, 6) is 1.53. The SMILES string of the molecule is C=CC(=C=O)n1c(-c2ccccc2F)cc2ccccc21. The van der Waals surface area contributed by atoms with Gasteiger partial charge in [-0.2, -0.15) is 0 Å². The minimum Gasteiger partial charge on any atom is -0.300 e. The standard InChI is InChI=1S/C18H12FNO/c1-2-14(12-21)20-17-10-6-3-7-13(17)11-18(20)15-8-4-5-9-16(15)19/h2-11H,1H2. The van der Waals surface area contributed by atoms with E-state index in [1.54, 1.807) is 22.8 Å². The van der Waals surface area contributed by atoms with Crippen molar-refractivity contribution in [3.05, 3.63) is 73.1 Å². The maximum absolute atomic E-state index is 14.1. The molecule has 1 heterocycles. The molecule has 3 heteroatoms. The number of nitrogens with zero attached hydrogens (tertiary/aromatic N) is 1.